The number of imide groups is 1. The monoisotopic (exact) mass is 272 g/mol. The Kier molecular flexibility index (Phi) is 7.06. The quantitative estimate of drug-likeness (QED) is 0.416. The zero-order chi connectivity index (χ0) is 14.1. The number of rotatable bonds is 9. The molecule has 3 amide bonds. The van der Waals surface area contributed by atoms with Crippen LogP contribution in [0.5, 0.6) is 0 Å². The Morgan fingerprint density at radius 2 is 1.95 bits per heavy atom. The van der Waals surface area contributed by atoms with E-state index in [1.807, 2.05) is 0 Å². The normalized spacial score (nSPS) is 15.1. The van der Waals surface area contributed by atoms with E-state index < -0.39 is 0 Å². The first-order valence-electron chi connectivity index (χ1n) is 6.43. The van der Waals surface area contributed by atoms with Gasteiger partial charge in [0.15, 0.2) is 0 Å². The van der Waals surface area contributed by atoms with Crippen LogP contribution >= 0.6 is 0 Å². The van der Waals surface area contributed by atoms with Crippen LogP contribution in [-0.4, -0.2) is 60.6 Å². The van der Waals surface area contributed by atoms with Crippen LogP contribution < -0.4 is 5.32 Å². The van der Waals surface area contributed by atoms with E-state index >= 15 is 0 Å². The third kappa shape index (κ3) is 5.80. The molecule has 1 heterocycles. The SMILES string of the molecule is O=C(CCN1C(=O)CCC1=O)NCCCOCCO. The first kappa shape index (κ1) is 15.6. The summed E-state index contributed by atoms with van der Waals surface area (Å²) in [6.07, 6.45) is 1.30. The topological polar surface area (TPSA) is 95.9 Å². The standard InChI is InChI=1S/C12H20N2O5/c15-7-9-19-8-1-5-13-10(16)4-6-14-11(17)2-3-12(14)18/h15H,1-9H2,(H,13,16). The largest absolute Gasteiger partial charge is 0.394 e. The molecular weight excluding hydrogens is 252 g/mol. The molecule has 1 fully saturated rings. The Morgan fingerprint density at radius 3 is 2.58 bits per heavy atom. The minimum Gasteiger partial charge on any atom is -0.394 e. The van der Waals surface area contributed by atoms with Gasteiger partial charge in [-0.05, 0) is 6.42 Å². The number of carbonyl (C=O) groups excluding carboxylic acids is 3. The van der Waals surface area contributed by atoms with Gasteiger partial charge in [0.2, 0.25) is 17.7 Å². The molecule has 1 saturated heterocycles. The van der Waals surface area contributed by atoms with Gasteiger partial charge in [0.1, 0.15) is 0 Å². The molecule has 0 atom stereocenters. The molecule has 2 N–H and O–H groups in total. The van der Waals surface area contributed by atoms with E-state index in [1.165, 1.54) is 0 Å². The van der Waals surface area contributed by atoms with Crippen LogP contribution in [0.2, 0.25) is 0 Å². The highest BCUT2D eigenvalue weighted by atomic mass is 16.5. The smallest absolute Gasteiger partial charge is 0.229 e. The van der Waals surface area contributed by atoms with Crippen LogP contribution in [0.4, 0.5) is 0 Å². The van der Waals surface area contributed by atoms with Crippen LogP contribution in [0.25, 0.3) is 0 Å². The van der Waals surface area contributed by atoms with Crippen LogP contribution in [-0.2, 0) is 19.1 Å². The summed E-state index contributed by atoms with van der Waals surface area (Å²) in [6.45, 7) is 1.40. The lowest BCUT2D eigenvalue weighted by Crippen LogP contribution is -2.34. The fourth-order valence-corrected chi connectivity index (χ4v) is 1.74. The Labute approximate surface area is 111 Å². The number of amides is 3. The Bertz CT molecular complexity index is 316. The van der Waals surface area contributed by atoms with E-state index in [4.69, 9.17) is 9.84 Å². The van der Waals surface area contributed by atoms with E-state index in [0.717, 1.165) is 4.90 Å². The molecule has 19 heavy (non-hydrogen) atoms. The summed E-state index contributed by atoms with van der Waals surface area (Å²) in [6, 6.07) is 0. The first-order valence-corrected chi connectivity index (χ1v) is 6.43. The number of hydrogen-bond donors (Lipinski definition) is 2. The Balaban J connectivity index is 2.05. The fourth-order valence-electron chi connectivity index (χ4n) is 1.74. The van der Waals surface area contributed by atoms with E-state index in [1.54, 1.807) is 0 Å². The van der Waals surface area contributed by atoms with Gasteiger partial charge in [-0.15, -0.1) is 0 Å². The third-order valence-electron chi connectivity index (χ3n) is 2.74. The Hall–Kier alpha value is -1.47. The predicted molar refractivity (Wildman–Crippen MR) is 66.1 cm³/mol. The second-order valence-electron chi connectivity index (χ2n) is 4.23. The van der Waals surface area contributed by atoms with Gasteiger partial charge in [0.25, 0.3) is 0 Å². The van der Waals surface area contributed by atoms with Gasteiger partial charge in [0.05, 0.1) is 13.2 Å². The molecule has 0 spiro atoms. The van der Waals surface area contributed by atoms with Crippen molar-refractivity contribution in [3.05, 3.63) is 0 Å². The van der Waals surface area contributed by atoms with Gasteiger partial charge in [-0.1, -0.05) is 0 Å². The fraction of sp³-hybridized carbons (Fsp3) is 0.750. The van der Waals surface area contributed by atoms with Crippen molar-refractivity contribution in [2.75, 3.05) is 32.9 Å². The van der Waals surface area contributed by atoms with Crippen LogP contribution in [0.1, 0.15) is 25.7 Å². The number of ether oxygens (including phenoxy) is 1. The predicted octanol–water partition coefficient (Wildman–Crippen LogP) is -0.959. The second kappa shape index (κ2) is 8.60. The number of likely N-dealkylation sites (tertiary alicyclic amines) is 1. The minimum absolute atomic E-state index is 0.00967. The van der Waals surface area contributed by atoms with E-state index in [-0.39, 0.29) is 50.1 Å². The summed E-state index contributed by atoms with van der Waals surface area (Å²) in [5.41, 5.74) is 0. The van der Waals surface area contributed by atoms with Crippen molar-refractivity contribution in [3.8, 4) is 0 Å². The van der Waals surface area contributed by atoms with Crippen LogP contribution in [0.3, 0.4) is 0 Å². The summed E-state index contributed by atoms with van der Waals surface area (Å²) >= 11 is 0. The molecule has 0 aromatic rings. The molecule has 0 radical (unpaired) electrons. The minimum atomic E-state index is -0.199. The summed E-state index contributed by atoms with van der Waals surface area (Å²) in [5.74, 6) is -0.583. The van der Waals surface area contributed by atoms with E-state index in [0.29, 0.717) is 26.2 Å². The molecule has 7 nitrogen and oxygen atoms in total. The molecule has 0 saturated carbocycles. The van der Waals surface area contributed by atoms with Crippen molar-refractivity contribution in [3.63, 3.8) is 0 Å². The highest BCUT2D eigenvalue weighted by Crippen LogP contribution is 2.11. The van der Waals surface area contributed by atoms with Gasteiger partial charge < -0.3 is 15.2 Å². The molecule has 0 bridgehead atoms. The molecule has 0 unspecified atom stereocenters. The van der Waals surface area contributed by atoms with Crippen molar-refractivity contribution in [2.24, 2.45) is 0 Å². The summed E-state index contributed by atoms with van der Waals surface area (Å²) in [4.78, 5) is 35.2. The van der Waals surface area contributed by atoms with Crippen molar-refractivity contribution in [2.45, 2.75) is 25.7 Å². The van der Waals surface area contributed by atoms with Crippen molar-refractivity contribution < 1.29 is 24.2 Å². The van der Waals surface area contributed by atoms with Gasteiger partial charge in [-0.25, -0.2) is 0 Å². The van der Waals surface area contributed by atoms with Gasteiger partial charge in [-0.3, -0.25) is 19.3 Å². The highest BCUT2D eigenvalue weighted by Gasteiger charge is 2.28. The molecule has 1 rings (SSSR count). The van der Waals surface area contributed by atoms with Crippen molar-refractivity contribution in [1.82, 2.24) is 10.2 Å². The van der Waals surface area contributed by atoms with Crippen LogP contribution in [0.15, 0.2) is 0 Å². The number of nitrogens with one attached hydrogen (secondary N) is 1. The third-order valence-corrected chi connectivity index (χ3v) is 2.74. The summed E-state index contributed by atoms with van der Waals surface area (Å²) in [5, 5.41) is 11.2. The lowest BCUT2D eigenvalue weighted by Gasteiger charge is -2.13. The number of carbonyl (C=O) groups is 3. The van der Waals surface area contributed by atoms with Gasteiger partial charge in [-0.2, -0.15) is 0 Å². The molecule has 108 valence electrons. The first-order chi connectivity index (χ1) is 9.15. The summed E-state index contributed by atoms with van der Waals surface area (Å²) < 4.78 is 5.04. The van der Waals surface area contributed by atoms with Crippen molar-refractivity contribution >= 4 is 17.7 Å². The van der Waals surface area contributed by atoms with E-state index in [2.05, 4.69) is 5.32 Å². The molecule has 0 aromatic carbocycles. The maximum absolute atomic E-state index is 11.5. The maximum atomic E-state index is 11.5. The molecule has 1 aliphatic rings. The van der Waals surface area contributed by atoms with Gasteiger partial charge >= 0.3 is 0 Å². The second-order valence-corrected chi connectivity index (χ2v) is 4.23. The highest BCUT2D eigenvalue weighted by molar-refractivity contribution is 6.02. The lowest BCUT2D eigenvalue weighted by molar-refractivity contribution is -0.138. The van der Waals surface area contributed by atoms with Crippen LogP contribution in [0, 0.1) is 0 Å². The lowest BCUT2D eigenvalue weighted by atomic mass is 10.3. The number of aliphatic hydroxyl groups is 1. The Morgan fingerprint density at radius 1 is 1.26 bits per heavy atom. The molecule has 1 aliphatic heterocycles. The maximum Gasteiger partial charge on any atom is 0.229 e. The van der Waals surface area contributed by atoms with Crippen molar-refractivity contribution in [1.29, 1.82) is 0 Å². The van der Waals surface area contributed by atoms with Gasteiger partial charge in [0, 0.05) is 39.0 Å². The summed E-state index contributed by atoms with van der Waals surface area (Å²) in [7, 11) is 0. The van der Waals surface area contributed by atoms with E-state index in [9.17, 15) is 14.4 Å². The molecule has 0 aromatic heterocycles. The molecular formula is C12H20N2O5. The molecule has 0 aliphatic carbocycles. The average molecular weight is 272 g/mol. The zero-order valence-electron chi connectivity index (χ0n) is 10.9. The zero-order valence-corrected chi connectivity index (χ0v) is 10.9. The molecule has 7 heteroatoms. The number of aliphatic hydroxyl groups excluding tert-OH is 1. The average Bonchev–Trinajstić information content (AvgIpc) is 2.71. The number of hydrogen-bond acceptors (Lipinski definition) is 5. The number of nitrogens with zero attached hydrogens (tertiary/aromatic N) is 1.